The number of methoxy groups -OCH3 is 2. The van der Waals surface area contributed by atoms with E-state index < -0.39 is 11.4 Å². The summed E-state index contributed by atoms with van der Waals surface area (Å²) in [7, 11) is 3.11. The van der Waals surface area contributed by atoms with E-state index in [0.29, 0.717) is 12.8 Å². The molecule has 1 fully saturated rings. The SMILES string of the molecule is COC(CC[C@H]1[C@H](CO)[C@@]1(C)C(=O)O)OC. The average molecular weight is 232 g/mol. The van der Waals surface area contributed by atoms with E-state index in [1.54, 1.807) is 21.1 Å². The molecule has 0 amide bonds. The maximum absolute atomic E-state index is 11.1. The van der Waals surface area contributed by atoms with E-state index in [0.717, 1.165) is 0 Å². The van der Waals surface area contributed by atoms with Gasteiger partial charge in [-0.1, -0.05) is 0 Å². The number of ether oxygens (including phenoxy) is 2. The van der Waals surface area contributed by atoms with Gasteiger partial charge in [0, 0.05) is 26.7 Å². The number of carboxylic acid groups (broad SMARTS) is 1. The largest absolute Gasteiger partial charge is 0.481 e. The number of carbonyl (C=O) groups is 1. The first-order valence-corrected chi connectivity index (χ1v) is 5.42. The molecule has 0 aromatic carbocycles. The highest BCUT2D eigenvalue weighted by Gasteiger charge is 2.65. The van der Waals surface area contributed by atoms with Crippen LogP contribution >= 0.6 is 0 Å². The number of hydrogen-bond donors (Lipinski definition) is 2. The number of aliphatic carboxylic acids is 1. The highest BCUT2D eigenvalue weighted by atomic mass is 16.7. The van der Waals surface area contributed by atoms with Crippen molar-refractivity contribution in [1.82, 2.24) is 0 Å². The van der Waals surface area contributed by atoms with Crippen molar-refractivity contribution < 1.29 is 24.5 Å². The van der Waals surface area contributed by atoms with Crippen LogP contribution in [0.3, 0.4) is 0 Å². The summed E-state index contributed by atoms with van der Waals surface area (Å²) in [5, 5.41) is 18.2. The van der Waals surface area contributed by atoms with Crippen LogP contribution in [0.15, 0.2) is 0 Å². The van der Waals surface area contributed by atoms with Crippen LogP contribution in [-0.4, -0.2) is 43.3 Å². The van der Waals surface area contributed by atoms with Gasteiger partial charge in [-0.25, -0.2) is 0 Å². The summed E-state index contributed by atoms with van der Waals surface area (Å²) in [6.45, 7) is 1.62. The van der Waals surface area contributed by atoms with E-state index >= 15 is 0 Å². The molecule has 94 valence electrons. The molecule has 2 N–H and O–H groups in total. The van der Waals surface area contributed by atoms with Gasteiger partial charge in [0.25, 0.3) is 0 Å². The predicted octanol–water partition coefficient (Wildman–Crippen LogP) is 0.715. The van der Waals surface area contributed by atoms with Gasteiger partial charge in [-0.15, -0.1) is 0 Å². The summed E-state index contributed by atoms with van der Waals surface area (Å²) in [4.78, 5) is 11.1. The van der Waals surface area contributed by atoms with Crippen LogP contribution in [0.2, 0.25) is 0 Å². The molecule has 5 heteroatoms. The highest BCUT2D eigenvalue weighted by molar-refractivity contribution is 5.79. The zero-order valence-electron chi connectivity index (χ0n) is 9.97. The monoisotopic (exact) mass is 232 g/mol. The number of rotatable bonds is 7. The quantitative estimate of drug-likeness (QED) is 0.632. The molecule has 16 heavy (non-hydrogen) atoms. The van der Waals surface area contributed by atoms with Crippen molar-refractivity contribution in [3.8, 4) is 0 Å². The summed E-state index contributed by atoms with van der Waals surface area (Å²) >= 11 is 0. The Kier molecular flexibility index (Phi) is 4.29. The average Bonchev–Trinajstić information content (AvgIpc) is 2.86. The molecule has 1 rings (SSSR count). The normalized spacial score (nSPS) is 33.1. The van der Waals surface area contributed by atoms with E-state index in [1.165, 1.54) is 0 Å². The fourth-order valence-corrected chi connectivity index (χ4v) is 2.48. The van der Waals surface area contributed by atoms with Crippen LogP contribution in [0.5, 0.6) is 0 Å². The van der Waals surface area contributed by atoms with E-state index in [-0.39, 0.29) is 24.7 Å². The van der Waals surface area contributed by atoms with E-state index in [1.807, 2.05) is 0 Å². The number of aliphatic hydroxyl groups is 1. The van der Waals surface area contributed by atoms with Gasteiger partial charge < -0.3 is 19.7 Å². The van der Waals surface area contributed by atoms with E-state index in [9.17, 15) is 4.79 Å². The lowest BCUT2D eigenvalue weighted by molar-refractivity contribution is -0.144. The molecule has 0 radical (unpaired) electrons. The predicted molar refractivity (Wildman–Crippen MR) is 56.8 cm³/mol. The Morgan fingerprint density at radius 1 is 1.38 bits per heavy atom. The minimum absolute atomic E-state index is 0.0165. The van der Waals surface area contributed by atoms with Crippen LogP contribution < -0.4 is 0 Å². The lowest BCUT2D eigenvalue weighted by Crippen LogP contribution is -2.17. The van der Waals surface area contributed by atoms with Crippen molar-refractivity contribution in [3.05, 3.63) is 0 Å². The van der Waals surface area contributed by atoms with Crippen molar-refractivity contribution in [1.29, 1.82) is 0 Å². The second-order valence-corrected chi connectivity index (χ2v) is 4.46. The minimum Gasteiger partial charge on any atom is -0.481 e. The molecule has 1 aliphatic carbocycles. The summed E-state index contributed by atoms with van der Waals surface area (Å²) in [5.74, 6) is -0.954. The number of carboxylic acids is 1. The molecule has 0 heterocycles. The summed E-state index contributed by atoms with van der Waals surface area (Å²) in [5.41, 5.74) is -0.777. The zero-order valence-corrected chi connectivity index (χ0v) is 9.97. The van der Waals surface area contributed by atoms with Gasteiger partial charge in [0.05, 0.1) is 5.41 Å². The molecule has 1 aliphatic rings. The molecular weight excluding hydrogens is 212 g/mol. The van der Waals surface area contributed by atoms with E-state index in [2.05, 4.69) is 0 Å². The first kappa shape index (κ1) is 13.4. The Balaban J connectivity index is 2.47. The van der Waals surface area contributed by atoms with Crippen LogP contribution in [0.25, 0.3) is 0 Å². The van der Waals surface area contributed by atoms with Gasteiger partial charge in [-0.2, -0.15) is 0 Å². The second kappa shape index (κ2) is 5.12. The standard InChI is InChI=1S/C11H20O5/c1-11(10(13)14)7(8(11)6-12)4-5-9(15-2)16-3/h7-9,12H,4-6H2,1-3H3,(H,13,14)/t7-,8-,11-/m0/s1. The van der Waals surface area contributed by atoms with Crippen molar-refractivity contribution in [2.24, 2.45) is 17.3 Å². The Morgan fingerprint density at radius 3 is 2.25 bits per heavy atom. The van der Waals surface area contributed by atoms with Crippen molar-refractivity contribution >= 4 is 5.97 Å². The van der Waals surface area contributed by atoms with Crippen molar-refractivity contribution in [3.63, 3.8) is 0 Å². The second-order valence-electron chi connectivity index (χ2n) is 4.46. The molecule has 0 saturated heterocycles. The third kappa shape index (κ3) is 2.21. The molecule has 0 unspecified atom stereocenters. The van der Waals surface area contributed by atoms with Crippen molar-refractivity contribution in [2.75, 3.05) is 20.8 Å². The van der Waals surface area contributed by atoms with Gasteiger partial charge in [-0.3, -0.25) is 4.79 Å². The van der Waals surface area contributed by atoms with Gasteiger partial charge in [0.1, 0.15) is 0 Å². The Morgan fingerprint density at radius 2 is 1.94 bits per heavy atom. The Hall–Kier alpha value is -0.650. The molecule has 0 spiro atoms. The molecule has 3 atom stereocenters. The lowest BCUT2D eigenvalue weighted by Gasteiger charge is -2.13. The van der Waals surface area contributed by atoms with Crippen LogP contribution in [-0.2, 0) is 14.3 Å². The highest BCUT2D eigenvalue weighted by Crippen LogP contribution is 2.60. The van der Waals surface area contributed by atoms with Crippen molar-refractivity contribution in [2.45, 2.75) is 26.1 Å². The summed E-state index contributed by atoms with van der Waals surface area (Å²) in [6, 6.07) is 0. The summed E-state index contributed by atoms with van der Waals surface area (Å²) < 4.78 is 10.1. The molecular formula is C11H20O5. The zero-order chi connectivity index (χ0) is 12.3. The molecule has 1 saturated carbocycles. The third-order valence-electron chi connectivity index (χ3n) is 3.81. The van der Waals surface area contributed by atoms with Gasteiger partial charge in [-0.05, 0) is 25.7 Å². The maximum atomic E-state index is 11.1. The van der Waals surface area contributed by atoms with Gasteiger partial charge >= 0.3 is 5.97 Å². The molecule has 0 aromatic heterocycles. The topological polar surface area (TPSA) is 76.0 Å². The summed E-state index contributed by atoms with van der Waals surface area (Å²) in [6.07, 6.45) is 1.05. The van der Waals surface area contributed by atoms with Crippen LogP contribution in [0, 0.1) is 17.3 Å². The fourth-order valence-electron chi connectivity index (χ4n) is 2.48. The van der Waals surface area contributed by atoms with Gasteiger partial charge in [0.2, 0.25) is 0 Å². The number of aliphatic hydroxyl groups excluding tert-OH is 1. The van der Waals surface area contributed by atoms with Crippen LogP contribution in [0.1, 0.15) is 19.8 Å². The first-order valence-electron chi connectivity index (χ1n) is 5.42. The Bertz CT molecular complexity index is 251. The lowest BCUT2D eigenvalue weighted by atomic mass is 10.0. The molecule has 0 aromatic rings. The number of hydrogen-bond acceptors (Lipinski definition) is 4. The fraction of sp³-hybridized carbons (Fsp3) is 0.909. The molecule has 0 bridgehead atoms. The Labute approximate surface area is 95.4 Å². The third-order valence-corrected chi connectivity index (χ3v) is 3.81. The molecule has 0 aliphatic heterocycles. The molecule has 5 nitrogen and oxygen atoms in total. The maximum Gasteiger partial charge on any atom is 0.310 e. The smallest absolute Gasteiger partial charge is 0.310 e. The van der Waals surface area contributed by atoms with Gasteiger partial charge in [0.15, 0.2) is 6.29 Å². The first-order chi connectivity index (χ1) is 7.52. The van der Waals surface area contributed by atoms with E-state index in [4.69, 9.17) is 19.7 Å². The minimum atomic E-state index is -0.831. The van der Waals surface area contributed by atoms with Crippen LogP contribution in [0.4, 0.5) is 0 Å².